The normalized spacial score (nSPS) is 11.6. The van der Waals surface area contributed by atoms with Gasteiger partial charge in [-0.3, -0.25) is 0 Å². The van der Waals surface area contributed by atoms with Crippen molar-refractivity contribution in [3.05, 3.63) is 24.3 Å². The Morgan fingerprint density at radius 1 is 1.20 bits per heavy atom. The third-order valence-corrected chi connectivity index (χ3v) is 2.32. The molecule has 1 heterocycles. The van der Waals surface area contributed by atoms with Crippen LogP contribution in [0.3, 0.4) is 0 Å². The summed E-state index contributed by atoms with van der Waals surface area (Å²) in [4.78, 5) is 1.31. The van der Waals surface area contributed by atoms with Crippen LogP contribution in [0.25, 0.3) is 11.4 Å². The average Bonchev–Trinajstić information content (AvgIpc) is 2.84. The van der Waals surface area contributed by atoms with Crippen molar-refractivity contribution in [3.8, 4) is 17.1 Å². The molecule has 0 aliphatic heterocycles. The number of halogens is 3. The zero-order valence-electron chi connectivity index (χ0n) is 10.2. The molecule has 0 aliphatic carbocycles. The second-order valence-corrected chi connectivity index (χ2v) is 3.86. The summed E-state index contributed by atoms with van der Waals surface area (Å²) < 4.78 is 39.8. The van der Waals surface area contributed by atoms with Crippen LogP contribution in [0.15, 0.2) is 24.3 Å². The molecule has 20 heavy (non-hydrogen) atoms. The van der Waals surface area contributed by atoms with Crippen molar-refractivity contribution < 1.29 is 23.0 Å². The van der Waals surface area contributed by atoms with E-state index in [4.69, 9.17) is 5.11 Å². The fourth-order valence-corrected chi connectivity index (χ4v) is 1.47. The molecule has 0 unspecified atom stereocenters. The van der Waals surface area contributed by atoms with Crippen LogP contribution in [0.5, 0.6) is 5.75 Å². The van der Waals surface area contributed by atoms with E-state index in [9.17, 15) is 13.2 Å². The molecule has 9 heteroatoms. The van der Waals surface area contributed by atoms with Crippen molar-refractivity contribution in [3.63, 3.8) is 0 Å². The summed E-state index contributed by atoms with van der Waals surface area (Å²) in [6, 6.07) is 5.18. The molecule has 0 radical (unpaired) electrons. The summed E-state index contributed by atoms with van der Waals surface area (Å²) >= 11 is 0. The maximum absolute atomic E-state index is 12.0. The van der Waals surface area contributed by atoms with Crippen LogP contribution in [-0.4, -0.2) is 38.3 Å². The molecule has 0 amide bonds. The number of benzene rings is 1. The lowest BCUT2D eigenvalue weighted by Crippen LogP contribution is -2.16. The van der Waals surface area contributed by atoms with E-state index >= 15 is 0 Å². The summed E-state index contributed by atoms with van der Waals surface area (Å²) in [5.74, 6) is -0.0181. The van der Waals surface area contributed by atoms with Crippen LogP contribution in [0.1, 0.15) is 6.42 Å². The van der Waals surface area contributed by atoms with Crippen molar-refractivity contribution in [2.24, 2.45) is 0 Å². The van der Waals surface area contributed by atoms with Gasteiger partial charge in [-0.25, -0.2) is 0 Å². The number of aliphatic hydroxyl groups excluding tert-OH is 1. The Labute approximate surface area is 111 Å². The van der Waals surface area contributed by atoms with Crippen LogP contribution in [0, 0.1) is 0 Å². The van der Waals surface area contributed by atoms with Crippen LogP contribution >= 0.6 is 0 Å². The lowest BCUT2D eigenvalue weighted by Gasteiger charge is -2.08. The predicted molar refractivity (Wildman–Crippen MR) is 61.6 cm³/mol. The molecule has 2 rings (SSSR count). The van der Waals surface area contributed by atoms with Gasteiger partial charge in [0.1, 0.15) is 5.75 Å². The number of aromatic nitrogens is 4. The lowest BCUT2D eigenvalue weighted by atomic mass is 10.2. The van der Waals surface area contributed by atoms with Crippen molar-refractivity contribution in [1.82, 2.24) is 20.2 Å². The molecule has 0 spiro atoms. The number of tetrazole rings is 1. The maximum Gasteiger partial charge on any atom is 0.573 e. The topological polar surface area (TPSA) is 73.1 Å². The summed E-state index contributed by atoms with van der Waals surface area (Å²) in [6.45, 7) is 0.430. The monoisotopic (exact) mass is 288 g/mol. The Bertz CT molecular complexity index is 554. The van der Waals surface area contributed by atoms with E-state index in [0.717, 1.165) is 0 Å². The Hall–Kier alpha value is -2.16. The fraction of sp³-hybridized carbons (Fsp3) is 0.364. The maximum atomic E-state index is 12.0. The largest absolute Gasteiger partial charge is 0.573 e. The molecule has 1 aromatic carbocycles. The molecular formula is C11H11F3N4O2. The molecule has 0 atom stereocenters. The van der Waals surface area contributed by atoms with Gasteiger partial charge in [-0.1, -0.05) is 0 Å². The van der Waals surface area contributed by atoms with Crippen molar-refractivity contribution in [1.29, 1.82) is 0 Å². The number of alkyl halides is 3. The number of nitrogens with zero attached hydrogens (tertiary/aromatic N) is 4. The number of rotatable bonds is 5. The molecule has 0 saturated heterocycles. The highest BCUT2D eigenvalue weighted by atomic mass is 19.4. The number of aliphatic hydroxyl groups is 1. The van der Waals surface area contributed by atoms with E-state index in [2.05, 4.69) is 20.1 Å². The first-order valence-electron chi connectivity index (χ1n) is 5.73. The van der Waals surface area contributed by atoms with E-state index in [1.807, 2.05) is 0 Å². The first kappa shape index (κ1) is 14.3. The first-order valence-corrected chi connectivity index (χ1v) is 5.73. The van der Waals surface area contributed by atoms with Gasteiger partial charge >= 0.3 is 6.36 Å². The van der Waals surface area contributed by atoms with Crippen molar-refractivity contribution in [2.75, 3.05) is 6.61 Å². The molecule has 1 aromatic heterocycles. The second-order valence-electron chi connectivity index (χ2n) is 3.86. The van der Waals surface area contributed by atoms with Crippen LogP contribution in [0.2, 0.25) is 0 Å². The number of aryl methyl sites for hydroxylation is 1. The van der Waals surface area contributed by atoms with Gasteiger partial charge in [-0.05, 0) is 35.9 Å². The summed E-state index contributed by atoms with van der Waals surface area (Å²) in [5.41, 5.74) is 0.523. The molecule has 108 valence electrons. The number of ether oxygens (including phenoxy) is 1. The molecule has 6 nitrogen and oxygen atoms in total. The molecule has 0 fully saturated rings. The Kier molecular flexibility index (Phi) is 4.18. The summed E-state index contributed by atoms with van der Waals surface area (Å²) in [5, 5.41) is 20.3. The second kappa shape index (κ2) is 5.87. The Morgan fingerprint density at radius 2 is 1.90 bits per heavy atom. The zero-order chi connectivity index (χ0) is 14.6. The predicted octanol–water partition coefficient (Wildman–Crippen LogP) is 1.62. The SMILES string of the molecule is OCCCn1nnc(-c2ccc(OC(F)(F)F)cc2)n1. The summed E-state index contributed by atoms with van der Waals surface area (Å²) in [7, 11) is 0. The highest BCUT2D eigenvalue weighted by Crippen LogP contribution is 2.24. The summed E-state index contributed by atoms with van der Waals surface area (Å²) in [6.07, 6.45) is -4.22. The number of hydrogen-bond acceptors (Lipinski definition) is 5. The van der Waals surface area contributed by atoms with Gasteiger partial charge < -0.3 is 9.84 Å². The minimum absolute atomic E-state index is 0.0142. The fourth-order valence-electron chi connectivity index (χ4n) is 1.47. The van der Waals surface area contributed by atoms with Gasteiger partial charge in [-0.2, -0.15) is 4.80 Å². The molecular weight excluding hydrogens is 277 g/mol. The Morgan fingerprint density at radius 3 is 2.50 bits per heavy atom. The third kappa shape index (κ3) is 3.92. The van der Waals surface area contributed by atoms with E-state index in [1.165, 1.54) is 29.1 Å². The Balaban J connectivity index is 2.07. The minimum atomic E-state index is -4.72. The molecule has 0 saturated carbocycles. The first-order chi connectivity index (χ1) is 9.48. The quantitative estimate of drug-likeness (QED) is 0.905. The van der Waals surface area contributed by atoms with Gasteiger partial charge in [-0.15, -0.1) is 23.4 Å². The van der Waals surface area contributed by atoms with E-state index < -0.39 is 6.36 Å². The number of hydrogen-bond donors (Lipinski definition) is 1. The molecule has 2 aromatic rings. The standard InChI is InChI=1S/C11H11F3N4O2/c12-11(13,14)20-9-4-2-8(3-5-9)10-15-17-18(16-10)6-1-7-19/h2-5,19H,1,6-7H2. The van der Waals surface area contributed by atoms with Gasteiger partial charge in [0.25, 0.3) is 0 Å². The van der Waals surface area contributed by atoms with Gasteiger partial charge in [0, 0.05) is 12.2 Å². The van der Waals surface area contributed by atoms with Gasteiger partial charge in [0.15, 0.2) is 0 Å². The lowest BCUT2D eigenvalue weighted by molar-refractivity contribution is -0.274. The highest BCUT2D eigenvalue weighted by molar-refractivity contribution is 5.55. The highest BCUT2D eigenvalue weighted by Gasteiger charge is 2.31. The smallest absolute Gasteiger partial charge is 0.406 e. The van der Waals surface area contributed by atoms with Crippen molar-refractivity contribution >= 4 is 0 Å². The zero-order valence-corrected chi connectivity index (χ0v) is 10.2. The van der Waals surface area contributed by atoms with Crippen molar-refractivity contribution in [2.45, 2.75) is 19.3 Å². The van der Waals surface area contributed by atoms with E-state index in [0.29, 0.717) is 24.4 Å². The van der Waals surface area contributed by atoms with Gasteiger partial charge in [0.05, 0.1) is 6.54 Å². The third-order valence-electron chi connectivity index (χ3n) is 2.32. The van der Waals surface area contributed by atoms with Crippen LogP contribution in [0.4, 0.5) is 13.2 Å². The minimum Gasteiger partial charge on any atom is -0.406 e. The average molecular weight is 288 g/mol. The molecule has 0 bridgehead atoms. The van der Waals surface area contributed by atoms with Crippen LogP contribution in [-0.2, 0) is 6.54 Å². The molecule has 1 N–H and O–H groups in total. The van der Waals surface area contributed by atoms with Crippen LogP contribution < -0.4 is 4.74 Å². The van der Waals surface area contributed by atoms with E-state index in [-0.39, 0.29) is 12.4 Å². The van der Waals surface area contributed by atoms with E-state index in [1.54, 1.807) is 0 Å². The van der Waals surface area contributed by atoms with Gasteiger partial charge in [0.2, 0.25) is 5.82 Å². The molecule has 0 aliphatic rings.